The zero-order valence-electron chi connectivity index (χ0n) is 23.3. The van der Waals surface area contributed by atoms with E-state index in [1.807, 2.05) is 60.7 Å². The van der Waals surface area contributed by atoms with Crippen LogP contribution in [-0.2, 0) is 32.6 Å². The van der Waals surface area contributed by atoms with E-state index < -0.39 is 16.3 Å². The van der Waals surface area contributed by atoms with Crippen LogP contribution in [0.15, 0.2) is 101 Å². The molecule has 5 aromatic rings. The minimum absolute atomic E-state index is 0.0229. The summed E-state index contributed by atoms with van der Waals surface area (Å²) in [6.45, 7) is 2.20. The number of pyridine rings is 1. The highest BCUT2D eigenvalue weighted by molar-refractivity contribution is 7.99. The second kappa shape index (κ2) is 12.9. The van der Waals surface area contributed by atoms with E-state index in [9.17, 15) is 13.5 Å². The van der Waals surface area contributed by atoms with E-state index in [0.29, 0.717) is 16.4 Å². The number of hydrogen-bond donors (Lipinski definition) is 3. The number of thioether (sulfide) groups is 1. The van der Waals surface area contributed by atoms with Gasteiger partial charge in [0, 0.05) is 35.4 Å². The maximum atomic E-state index is 13.1. The van der Waals surface area contributed by atoms with Crippen LogP contribution in [0, 0.1) is 5.92 Å². The molecular formula is C31H31N5O5S2. The molecule has 0 bridgehead atoms. The predicted octanol–water partition coefficient (Wildman–Crippen LogP) is 4.91. The van der Waals surface area contributed by atoms with Crippen molar-refractivity contribution in [1.29, 1.82) is 0 Å². The molecule has 3 heterocycles. The zero-order chi connectivity index (χ0) is 29.8. The van der Waals surface area contributed by atoms with E-state index in [1.165, 1.54) is 18.1 Å². The third-order valence-electron chi connectivity index (χ3n) is 7.50. The van der Waals surface area contributed by atoms with Crippen LogP contribution in [0.2, 0.25) is 0 Å². The molecule has 1 saturated heterocycles. The molecule has 3 aromatic carbocycles. The molecule has 0 radical (unpaired) electrons. The third-order valence-corrected chi connectivity index (χ3v) is 9.90. The molecule has 0 aliphatic carbocycles. The lowest BCUT2D eigenvalue weighted by Gasteiger charge is -2.41. The molecular weight excluding hydrogens is 587 g/mol. The topological polar surface area (TPSA) is 139 Å². The van der Waals surface area contributed by atoms with E-state index in [4.69, 9.17) is 9.47 Å². The number of aromatic amines is 1. The van der Waals surface area contributed by atoms with E-state index in [-0.39, 0.29) is 36.2 Å². The van der Waals surface area contributed by atoms with Gasteiger partial charge in [-0.25, -0.2) is 18.1 Å². The second-order valence-corrected chi connectivity index (χ2v) is 13.1. The molecule has 3 N–H and O–H groups in total. The van der Waals surface area contributed by atoms with Gasteiger partial charge in [0.2, 0.25) is 10.0 Å². The van der Waals surface area contributed by atoms with Crippen LogP contribution < -0.4 is 4.72 Å². The van der Waals surface area contributed by atoms with Crippen LogP contribution >= 0.6 is 11.8 Å². The van der Waals surface area contributed by atoms with Gasteiger partial charge in [0.25, 0.3) is 0 Å². The van der Waals surface area contributed by atoms with Crippen molar-refractivity contribution >= 4 is 32.7 Å². The van der Waals surface area contributed by atoms with Gasteiger partial charge in [-0.05, 0) is 28.8 Å². The Morgan fingerprint density at radius 1 is 0.930 bits per heavy atom. The Hall–Kier alpha value is -3.65. The number of H-pyrrole nitrogens is 1. The number of rotatable bonds is 10. The molecule has 1 fully saturated rings. The van der Waals surface area contributed by atoms with Gasteiger partial charge in [-0.2, -0.15) is 5.10 Å². The van der Waals surface area contributed by atoms with Crippen LogP contribution in [0.25, 0.3) is 10.9 Å². The molecule has 222 valence electrons. The fourth-order valence-corrected chi connectivity index (χ4v) is 7.21. The molecule has 10 nitrogen and oxygen atoms in total. The molecule has 0 amide bonds. The van der Waals surface area contributed by atoms with Crippen molar-refractivity contribution in [2.75, 3.05) is 5.75 Å². The highest BCUT2D eigenvalue weighted by atomic mass is 32.2. The van der Waals surface area contributed by atoms with Gasteiger partial charge in [-0.1, -0.05) is 85.4 Å². The highest BCUT2D eigenvalue weighted by Gasteiger charge is 2.38. The Bertz CT molecular complexity index is 1760. The lowest BCUT2D eigenvalue weighted by molar-refractivity contribution is -0.268. The van der Waals surface area contributed by atoms with Gasteiger partial charge in [0.05, 0.1) is 24.3 Å². The number of nitrogens with zero attached hydrogens (tertiary/aromatic N) is 3. The first-order valence-corrected chi connectivity index (χ1v) is 16.3. The molecule has 6 rings (SSSR count). The van der Waals surface area contributed by atoms with E-state index >= 15 is 0 Å². The summed E-state index contributed by atoms with van der Waals surface area (Å²) in [4.78, 5) is 8.63. The summed E-state index contributed by atoms with van der Waals surface area (Å²) in [5, 5.41) is 17.8. The van der Waals surface area contributed by atoms with Crippen LogP contribution in [0.4, 0.5) is 0 Å². The Morgan fingerprint density at radius 2 is 1.67 bits per heavy atom. The number of aliphatic hydroxyl groups excluding tert-OH is 1. The number of ether oxygens (including phenoxy) is 2. The average Bonchev–Trinajstić information content (AvgIpc) is 3.57. The van der Waals surface area contributed by atoms with Crippen molar-refractivity contribution in [2.45, 2.75) is 48.6 Å². The average molecular weight is 618 g/mol. The van der Waals surface area contributed by atoms with Crippen molar-refractivity contribution < 1.29 is 23.0 Å². The molecule has 1 aliphatic heterocycles. The number of hydrogen-bond acceptors (Lipinski definition) is 9. The number of fused-ring (bicyclic) bond motifs is 1. The van der Waals surface area contributed by atoms with Crippen molar-refractivity contribution in [3.05, 3.63) is 114 Å². The molecule has 0 spiro atoms. The summed E-state index contributed by atoms with van der Waals surface area (Å²) >= 11 is 1.54. The van der Waals surface area contributed by atoms with E-state index in [2.05, 4.69) is 31.8 Å². The number of nitrogens with one attached hydrogen (secondary N) is 2. The van der Waals surface area contributed by atoms with E-state index in [1.54, 1.807) is 24.4 Å². The largest absolute Gasteiger partial charge is 0.392 e. The number of aliphatic hydroxyl groups is 1. The fourth-order valence-electron chi connectivity index (χ4n) is 5.08. The monoisotopic (exact) mass is 617 g/mol. The standard InChI is InChI=1S/C31H31N5O5S2/c1-20-26(18-42-31-33-19-34-36-31)40-30(41-29(20)24-11-9-22(17-37)10-12-24)25-13-7-21(8-14-25)16-35-43(38,39)27-6-2-4-23-5-3-15-32-28(23)27/h2-15,19-20,26,29-30,35,37H,16-18H2,1H3,(H,33,34,36)/t20-,26+,29+,30?/m0/s1. The minimum atomic E-state index is -3.79. The van der Waals surface area contributed by atoms with Gasteiger partial charge < -0.3 is 14.6 Å². The molecule has 12 heteroatoms. The predicted molar refractivity (Wildman–Crippen MR) is 162 cm³/mol. The van der Waals surface area contributed by atoms with Crippen LogP contribution in [0.1, 0.15) is 41.6 Å². The Kier molecular flexibility index (Phi) is 8.84. The summed E-state index contributed by atoms with van der Waals surface area (Å²) in [5.41, 5.74) is 3.88. The number of sulfonamides is 1. The molecule has 0 saturated carbocycles. The summed E-state index contributed by atoms with van der Waals surface area (Å²) < 4.78 is 42.0. The molecule has 43 heavy (non-hydrogen) atoms. The SMILES string of the molecule is C[C@H]1[C@@H](CSc2ncn[nH]2)OC(c2ccc(CNS(=O)(=O)c3cccc4cccnc34)cc2)O[C@H]1c1ccc(CO)cc1. The number of benzene rings is 3. The number of aromatic nitrogens is 4. The summed E-state index contributed by atoms with van der Waals surface area (Å²) in [5.74, 6) is 0.675. The summed E-state index contributed by atoms with van der Waals surface area (Å²) in [7, 11) is -3.79. The highest BCUT2D eigenvalue weighted by Crippen LogP contribution is 2.42. The quantitative estimate of drug-likeness (QED) is 0.187. The van der Waals surface area contributed by atoms with Gasteiger partial charge in [0.1, 0.15) is 11.2 Å². The lowest BCUT2D eigenvalue weighted by atomic mass is 9.91. The molecule has 2 aromatic heterocycles. The van der Waals surface area contributed by atoms with Crippen molar-refractivity contribution in [3.8, 4) is 0 Å². The van der Waals surface area contributed by atoms with Gasteiger partial charge in [-0.3, -0.25) is 10.1 Å². The Labute approximate surface area is 253 Å². The summed E-state index contributed by atoms with van der Waals surface area (Å²) in [6, 6.07) is 24.0. The van der Waals surface area contributed by atoms with Crippen molar-refractivity contribution in [3.63, 3.8) is 0 Å². The van der Waals surface area contributed by atoms with Crippen LogP contribution in [0.5, 0.6) is 0 Å². The maximum absolute atomic E-state index is 13.1. The zero-order valence-corrected chi connectivity index (χ0v) is 25.0. The van der Waals surface area contributed by atoms with Crippen molar-refractivity contribution in [2.24, 2.45) is 5.92 Å². The molecule has 4 atom stereocenters. The maximum Gasteiger partial charge on any atom is 0.243 e. The fraction of sp³-hybridized carbons (Fsp3) is 0.258. The van der Waals surface area contributed by atoms with Gasteiger partial charge >= 0.3 is 0 Å². The summed E-state index contributed by atoms with van der Waals surface area (Å²) in [6.07, 6.45) is 2.03. The second-order valence-electron chi connectivity index (χ2n) is 10.3. The third kappa shape index (κ3) is 6.64. The normalized spacial score (nSPS) is 20.8. The first-order valence-electron chi connectivity index (χ1n) is 13.8. The Balaban J connectivity index is 1.18. The van der Waals surface area contributed by atoms with E-state index in [0.717, 1.165) is 27.6 Å². The molecule has 1 unspecified atom stereocenters. The van der Waals surface area contributed by atoms with Gasteiger partial charge in [0.15, 0.2) is 11.4 Å². The smallest absolute Gasteiger partial charge is 0.243 e. The van der Waals surface area contributed by atoms with Gasteiger partial charge in [-0.15, -0.1) is 0 Å². The first-order chi connectivity index (χ1) is 20.9. The Morgan fingerprint density at radius 3 is 2.42 bits per heavy atom. The van der Waals surface area contributed by atoms with Crippen LogP contribution in [0.3, 0.4) is 0 Å². The molecule has 1 aliphatic rings. The number of para-hydroxylation sites is 1. The van der Waals surface area contributed by atoms with Crippen molar-refractivity contribution in [1.82, 2.24) is 24.9 Å². The van der Waals surface area contributed by atoms with Crippen LogP contribution in [-0.4, -0.2) is 45.5 Å². The minimum Gasteiger partial charge on any atom is -0.392 e. The first kappa shape index (κ1) is 29.4. The lowest BCUT2D eigenvalue weighted by Crippen LogP contribution is -2.38.